The summed E-state index contributed by atoms with van der Waals surface area (Å²) in [5, 5.41) is 4.15. The van der Waals surface area contributed by atoms with Gasteiger partial charge in [0.15, 0.2) is 0 Å². The van der Waals surface area contributed by atoms with Crippen LogP contribution in [0.5, 0.6) is 0 Å². The molecule has 0 saturated carbocycles. The third-order valence-electron chi connectivity index (χ3n) is 5.77. The standard InChI is InChI=1S/C21H26ClFN4O3/c1-15-18(20(24-30-15)19-16(22)3-2-4-17(19)23)21(28)27-9-7-25(8-10-27)5-6-26-11-13-29-14-12-26/h2-4H,5-14H2,1H3. The van der Waals surface area contributed by atoms with E-state index < -0.39 is 5.82 Å². The Kier molecular flexibility index (Phi) is 6.67. The Morgan fingerprint density at radius 1 is 1.10 bits per heavy atom. The van der Waals surface area contributed by atoms with Crippen LogP contribution in [0.4, 0.5) is 4.39 Å². The number of hydrogen-bond acceptors (Lipinski definition) is 6. The Bertz CT molecular complexity index is 872. The largest absolute Gasteiger partial charge is 0.379 e. The van der Waals surface area contributed by atoms with Crippen molar-refractivity contribution in [2.24, 2.45) is 0 Å². The molecule has 0 aliphatic carbocycles. The first-order chi connectivity index (χ1) is 14.5. The van der Waals surface area contributed by atoms with Crippen LogP contribution in [0.1, 0.15) is 16.1 Å². The molecule has 2 aliphatic heterocycles. The molecule has 2 aliphatic rings. The van der Waals surface area contributed by atoms with E-state index >= 15 is 0 Å². The average Bonchev–Trinajstić information content (AvgIpc) is 3.13. The topological polar surface area (TPSA) is 62.1 Å². The fourth-order valence-electron chi connectivity index (χ4n) is 3.96. The highest BCUT2D eigenvalue weighted by Gasteiger charge is 2.30. The monoisotopic (exact) mass is 436 g/mol. The lowest BCUT2D eigenvalue weighted by Crippen LogP contribution is -2.51. The van der Waals surface area contributed by atoms with Crippen LogP contribution in [0.2, 0.25) is 5.02 Å². The fraction of sp³-hybridized carbons (Fsp3) is 0.524. The molecule has 1 amide bonds. The van der Waals surface area contributed by atoms with Crippen LogP contribution in [-0.2, 0) is 4.74 Å². The van der Waals surface area contributed by atoms with Gasteiger partial charge in [0.25, 0.3) is 5.91 Å². The van der Waals surface area contributed by atoms with Crippen molar-refractivity contribution < 1.29 is 18.4 Å². The minimum Gasteiger partial charge on any atom is -0.379 e. The number of piperazine rings is 1. The molecule has 0 N–H and O–H groups in total. The highest BCUT2D eigenvalue weighted by atomic mass is 35.5. The number of amides is 1. The smallest absolute Gasteiger partial charge is 0.259 e. The van der Waals surface area contributed by atoms with Gasteiger partial charge in [-0.15, -0.1) is 0 Å². The number of aromatic nitrogens is 1. The molecule has 0 bridgehead atoms. The zero-order chi connectivity index (χ0) is 21.1. The molecule has 1 aromatic carbocycles. The Labute approximate surface area is 180 Å². The van der Waals surface area contributed by atoms with Gasteiger partial charge in [0, 0.05) is 52.4 Å². The molecule has 162 valence electrons. The van der Waals surface area contributed by atoms with Crippen molar-refractivity contribution in [3.63, 3.8) is 0 Å². The first kappa shape index (κ1) is 21.2. The number of aryl methyl sites for hydroxylation is 1. The van der Waals surface area contributed by atoms with Gasteiger partial charge in [0.2, 0.25) is 0 Å². The molecule has 7 nitrogen and oxygen atoms in total. The lowest BCUT2D eigenvalue weighted by Gasteiger charge is -2.36. The molecule has 3 heterocycles. The number of benzene rings is 1. The van der Waals surface area contributed by atoms with Crippen LogP contribution in [0.3, 0.4) is 0 Å². The summed E-state index contributed by atoms with van der Waals surface area (Å²) in [5.41, 5.74) is 0.544. The van der Waals surface area contributed by atoms with E-state index in [1.807, 2.05) is 0 Å². The van der Waals surface area contributed by atoms with E-state index in [4.69, 9.17) is 20.9 Å². The molecule has 0 radical (unpaired) electrons. The predicted octanol–water partition coefficient (Wildman–Crippen LogP) is 2.53. The van der Waals surface area contributed by atoms with E-state index in [1.165, 1.54) is 12.1 Å². The van der Waals surface area contributed by atoms with Gasteiger partial charge >= 0.3 is 0 Å². The Morgan fingerprint density at radius 2 is 1.77 bits per heavy atom. The maximum atomic E-state index is 14.4. The van der Waals surface area contributed by atoms with E-state index in [9.17, 15) is 9.18 Å². The van der Waals surface area contributed by atoms with Gasteiger partial charge in [-0.3, -0.25) is 14.6 Å². The van der Waals surface area contributed by atoms with Crippen LogP contribution < -0.4 is 0 Å². The van der Waals surface area contributed by atoms with Crippen molar-refractivity contribution in [1.82, 2.24) is 19.9 Å². The number of ether oxygens (including phenoxy) is 1. The zero-order valence-corrected chi connectivity index (χ0v) is 17.8. The third-order valence-corrected chi connectivity index (χ3v) is 6.09. The van der Waals surface area contributed by atoms with Crippen molar-refractivity contribution in [3.8, 4) is 11.3 Å². The van der Waals surface area contributed by atoms with Crippen molar-refractivity contribution in [1.29, 1.82) is 0 Å². The van der Waals surface area contributed by atoms with E-state index in [0.717, 1.165) is 52.5 Å². The van der Waals surface area contributed by atoms with E-state index in [-0.39, 0.29) is 27.8 Å². The highest BCUT2D eigenvalue weighted by Crippen LogP contribution is 2.34. The van der Waals surface area contributed by atoms with Gasteiger partial charge in [-0.05, 0) is 19.1 Å². The minimum atomic E-state index is -0.530. The van der Waals surface area contributed by atoms with Crippen LogP contribution in [0, 0.1) is 12.7 Å². The maximum absolute atomic E-state index is 14.4. The Balaban J connectivity index is 1.41. The predicted molar refractivity (Wildman–Crippen MR) is 111 cm³/mol. The van der Waals surface area contributed by atoms with Crippen molar-refractivity contribution in [2.75, 3.05) is 65.6 Å². The molecule has 2 fully saturated rings. The second-order valence-corrected chi connectivity index (χ2v) is 8.05. The molecule has 9 heteroatoms. The van der Waals surface area contributed by atoms with E-state index in [0.29, 0.717) is 18.8 Å². The van der Waals surface area contributed by atoms with Gasteiger partial charge < -0.3 is 14.2 Å². The quantitative estimate of drug-likeness (QED) is 0.717. The summed E-state index contributed by atoms with van der Waals surface area (Å²) in [4.78, 5) is 19.8. The van der Waals surface area contributed by atoms with Crippen molar-refractivity contribution >= 4 is 17.5 Å². The normalized spacial score (nSPS) is 18.7. The molecular weight excluding hydrogens is 411 g/mol. The number of carbonyl (C=O) groups excluding carboxylic acids is 1. The maximum Gasteiger partial charge on any atom is 0.259 e. The summed E-state index contributed by atoms with van der Waals surface area (Å²) in [7, 11) is 0. The summed E-state index contributed by atoms with van der Waals surface area (Å²) in [5.74, 6) is -0.363. The summed E-state index contributed by atoms with van der Waals surface area (Å²) in [6.45, 7) is 10.0. The van der Waals surface area contributed by atoms with Gasteiger partial charge in [0.05, 0.1) is 23.8 Å². The van der Waals surface area contributed by atoms with E-state index in [2.05, 4.69) is 15.0 Å². The molecular formula is C21H26ClFN4O3. The highest BCUT2D eigenvalue weighted by molar-refractivity contribution is 6.33. The average molecular weight is 437 g/mol. The fourth-order valence-corrected chi connectivity index (χ4v) is 4.21. The summed E-state index contributed by atoms with van der Waals surface area (Å²) >= 11 is 6.19. The van der Waals surface area contributed by atoms with Gasteiger partial charge in [-0.25, -0.2) is 4.39 Å². The number of morpholine rings is 1. The minimum absolute atomic E-state index is 0.100. The number of nitrogens with zero attached hydrogens (tertiary/aromatic N) is 4. The molecule has 0 spiro atoms. The lowest BCUT2D eigenvalue weighted by molar-refractivity contribution is 0.0293. The third kappa shape index (κ3) is 4.51. The molecule has 1 aromatic heterocycles. The Hall–Kier alpha value is -2.00. The summed E-state index contributed by atoms with van der Waals surface area (Å²) < 4.78 is 25.1. The van der Waals surface area contributed by atoms with Crippen LogP contribution in [0.15, 0.2) is 22.7 Å². The molecule has 0 atom stereocenters. The first-order valence-electron chi connectivity index (χ1n) is 10.3. The molecule has 0 unspecified atom stereocenters. The van der Waals surface area contributed by atoms with Gasteiger partial charge in [-0.1, -0.05) is 22.8 Å². The second-order valence-electron chi connectivity index (χ2n) is 7.65. The SMILES string of the molecule is Cc1onc(-c2c(F)cccc2Cl)c1C(=O)N1CCN(CCN2CCOCC2)CC1. The van der Waals surface area contributed by atoms with Crippen LogP contribution >= 0.6 is 11.6 Å². The number of carbonyl (C=O) groups is 1. The molecule has 30 heavy (non-hydrogen) atoms. The van der Waals surface area contributed by atoms with Crippen LogP contribution in [-0.4, -0.2) is 91.3 Å². The Morgan fingerprint density at radius 3 is 2.43 bits per heavy atom. The lowest BCUT2D eigenvalue weighted by atomic mass is 10.0. The molecule has 2 saturated heterocycles. The van der Waals surface area contributed by atoms with Crippen molar-refractivity contribution in [3.05, 3.63) is 40.4 Å². The summed E-state index contributed by atoms with van der Waals surface area (Å²) in [6, 6.07) is 4.39. The van der Waals surface area contributed by atoms with Crippen LogP contribution in [0.25, 0.3) is 11.3 Å². The number of rotatable bonds is 5. The number of halogens is 2. The first-order valence-corrected chi connectivity index (χ1v) is 10.6. The second kappa shape index (κ2) is 9.43. The molecule has 4 rings (SSSR count). The zero-order valence-electron chi connectivity index (χ0n) is 17.1. The van der Waals surface area contributed by atoms with Crippen molar-refractivity contribution in [2.45, 2.75) is 6.92 Å². The summed E-state index contributed by atoms with van der Waals surface area (Å²) in [6.07, 6.45) is 0. The van der Waals surface area contributed by atoms with Gasteiger partial charge in [0.1, 0.15) is 22.8 Å². The van der Waals surface area contributed by atoms with E-state index in [1.54, 1.807) is 17.9 Å². The number of hydrogen-bond donors (Lipinski definition) is 0. The molecule has 2 aromatic rings. The van der Waals surface area contributed by atoms with Gasteiger partial charge in [-0.2, -0.15) is 0 Å².